The summed E-state index contributed by atoms with van der Waals surface area (Å²) < 4.78 is 0. The molecule has 1 amide bonds. The number of rotatable bonds is 12. The van der Waals surface area contributed by atoms with Gasteiger partial charge in [-0.3, -0.25) is 9.59 Å². The van der Waals surface area contributed by atoms with Crippen LogP contribution in [0.5, 0.6) is 0 Å². The van der Waals surface area contributed by atoms with Crippen molar-refractivity contribution in [3.8, 4) is 0 Å². The first-order chi connectivity index (χ1) is 9.88. The highest BCUT2D eigenvalue weighted by molar-refractivity contribution is 5.76. The Hall–Kier alpha value is -1.10. The molecule has 0 aliphatic rings. The molecule has 5 nitrogen and oxygen atoms in total. The van der Waals surface area contributed by atoms with E-state index in [0.717, 1.165) is 25.7 Å². The molecule has 3 atom stereocenters. The minimum atomic E-state index is -0.797. The molecule has 0 fully saturated rings. The molecule has 5 heteroatoms. The molecule has 0 radical (unpaired) electrons. The molecule has 0 aliphatic heterocycles. The van der Waals surface area contributed by atoms with Crippen molar-refractivity contribution < 1.29 is 14.7 Å². The molecule has 0 saturated heterocycles. The standard InChI is InChI=1S/C16H32N2O3/c1-4-5-12(2)8-14(9-16(20)21)11-18-15(19)7-6-13(3)10-17/h12-14H,4-11,17H2,1-3H3,(H,18,19)(H,20,21). The fourth-order valence-electron chi connectivity index (χ4n) is 2.51. The number of amides is 1. The first kappa shape index (κ1) is 19.9. The van der Waals surface area contributed by atoms with E-state index in [2.05, 4.69) is 19.2 Å². The molecule has 0 aliphatic carbocycles. The number of nitrogens with one attached hydrogen (secondary N) is 1. The number of hydrogen-bond acceptors (Lipinski definition) is 3. The van der Waals surface area contributed by atoms with Crippen molar-refractivity contribution in [3.05, 3.63) is 0 Å². The van der Waals surface area contributed by atoms with E-state index >= 15 is 0 Å². The van der Waals surface area contributed by atoms with Gasteiger partial charge in [0.1, 0.15) is 0 Å². The van der Waals surface area contributed by atoms with Gasteiger partial charge in [0.15, 0.2) is 0 Å². The Morgan fingerprint density at radius 3 is 2.38 bits per heavy atom. The zero-order valence-corrected chi connectivity index (χ0v) is 13.7. The molecular weight excluding hydrogens is 268 g/mol. The SMILES string of the molecule is CCCC(C)CC(CNC(=O)CCC(C)CN)CC(=O)O. The van der Waals surface area contributed by atoms with Crippen LogP contribution in [-0.2, 0) is 9.59 Å². The number of aliphatic carboxylic acids is 1. The second kappa shape index (κ2) is 11.5. The van der Waals surface area contributed by atoms with Crippen LogP contribution in [0.3, 0.4) is 0 Å². The Kier molecular flexibility index (Phi) is 10.9. The molecule has 0 saturated carbocycles. The molecule has 0 aromatic heterocycles. The third-order valence-electron chi connectivity index (χ3n) is 3.83. The number of carboxylic acids is 1. The van der Waals surface area contributed by atoms with E-state index in [4.69, 9.17) is 10.8 Å². The average molecular weight is 300 g/mol. The second-order valence-corrected chi connectivity index (χ2v) is 6.28. The molecule has 21 heavy (non-hydrogen) atoms. The van der Waals surface area contributed by atoms with Gasteiger partial charge in [-0.15, -0.1) is 0 Å². The number of carbonyl (C=O) groups is 2. The predicted octanol–water partition coefficient (Wildman–Crippen LogP) is 2.39. The maximum atomic E-state index is 11.8. The van der Waals surface area contributed by atoms with Gasteiger partial charge < -0.3 is 16.2 Å². The molecule has 124 valence electrons. The lowest BCUT2D eigenvalue weighted by Gasteiger charge is -2.20. The highest BCUT2D eigenvalue weighted by Crippen LogP contribution is 2.19. The topological polar surface area (TPSA) is 92.4 Å². The van der Waals surface area contributed by atoms with Crippen molar-refractivity contribution in [2.45, 2.75) is 59.3 Å². The highest BCUT2D eigenvalue weighted by atomic mass is 16.4. The zero-order valence-electron chi connectivity index (χ0n) is 13.7. The summed E-state index contributed by atoms with van der Waals surface area (Å²) in [5, 5.41) is 11.8. The fraction of sp³-hybridized carbons (Fsp3) is 0.875. The van der Waals surface area contributed by atoms with Crippen molar-refractivity contribution in [1.82, 2.24) is 5.32 Å². The van der Waals surface area contributed by atoms with E-state index in [1.54, 1.807) is 0 Å². The third-order valence-corrected chi connectivity index (χ3v) is 3.83. The van der Waals surface area contributed by atoms with Crippen LogP contribution in [0.2, 0.25) is 0 Å². The lowest BCUT2D eigenvalue weighted by atomic mass is 9.90. The van der Waals surface area contributed by atoms with Crippen LogP contribution in [0.15, 0.2) is 0 Å². The Morgan fingerprint density at radius 2 is 1.86 bits per heavy atom. The van der Waals surface area contributed by atoms with Gasteiger partial charge in [0.05, 0.1) is 0 Å². The molecule has 0 spiro atoms. The fourth-order valence-corrected chi connectivity index (χ4v) is 2.51. The minimum absolute atomic E-state index is 0.00571. The highest BCUT2D eigenvalue weighted by Gasteiger charge is 2.17. The summed E-state index contributed by atoms with van der Waals surface area (Å²) in [6, 6.07) is 0. The predicted molar refractivity (Wildman–Crippen MR) is 84.9 cm³/mol. The maximum Gasteiger partial charge on any atom is 0.303 e. The summed E-state index contributed by atoms with van der Waals surface area (Å²) >= 11 is 0. The Labute approximate surface area is 128 Å². The Balaban J connectivity index is 4.15. The van der Waals surface area contributed by atoms with Crippen molar-refractivity contribution in [2.75, 3.05) is 13.1 Å². The molecule has 3 unspecified atom stereocenters. The molecule has 0 rings (SSSR count). The van der Waals surface area contributed by atoms with E-state index in [1.807, 2.05) is 6.92 Å². The molecule has 0 heterocycles. The molecule has 0 aromatic carbocycles. The quantitative estimate of drug-likeness (QED) is 0.516. The Bertz CT molecular complexity index is 308. The Morgan fingerprint density at radius 1 is 1.19 bits per heavy atom. The van der Waals surface area contributed by atoms with Crippen LogP contribution in [0, 0.1) is 17.8 Å². The normalized spacial score (nSPS) is 15.2. The molecular formula is C16H32N2O3. The van der Waals surface area contributed by atoms with Gasteiger partial charge in [0.2, 0.25) is 5.91 Å². The van der Waals surface area contributed by atoms with Gasteiger partial charge in [0, 0.05) is 19.4 Å². The van der Waals surface area contributed by atoms with Crippen LogP contribution in [0.4, 0.5) is 0 Å². The average Bonchev–Trinajstić information content (AvgIpc) is 2.41. The van der Waals surface area contributed by atoms with E-state index in [9.17, 15) is 9.59 Å². The summed E-state index contributed by atoms with van der Waals surface area (Å²) in [5.74, 6) is 0.0483. The van der Waals surface area contributed by atoms with E-state index in [0.29, 0.717) is 31.3 Å². The van der Waals surface area contributed by atoms with Gasteiger partial charge >= 0.3 is 5.97 Å². The van der Waals surface area contributed by atoms with Crippen LogP contribution in [0.25, 0.3) is 0 Å². The minimum Gasteiger partial charge on any atom is -0.481 e. The number of nitrogens with two attached hydrogens (primary N) is 1. The largest absolute Gasteiger partial charge is 0.481 e. The van der Waals surface area contributed by atoms with Crippen LogP contribution in [-0.4, -0.2) is 30.1 Å². The van der Waals surface area contributed by atoms with Crippen molar-refractivity contribution >= 4 is 11.9 Å². The van der Waals surface area contributed by atoms with Crippen LogP contribution >= 0.6 is 0 Å². The van der Waals surface area contributed by atoms with Gasteiger partial charge in [-0.25, -0.2) is 0 Å². The molecule has 0 aromatic rings. The summed E-state index contributed by atoms with van der Waals surface area (Å²) in [4.78, 5) is 22.7. The summed E-state index contributed by atoms with van der Waals surface area (Å²) in [7, 11) is 0. The number of carbonyl (C=O) groups excluding carboxylic acids is 1. The van der Waals surface area contributed by atoms with E-state index < -0.39 is 5.97 Å². The smallest absolute Gasteiger partial charge is 0.303 e. The zero-order chi connectivity index (χ0) is 16.3. The first-order valence-electron chi connectivity index (χ1n) is 8.07. The third kappa shape index (κ3) is 11.3. The van der Waals surface area contributed by atoms with Gasteiger partial charge in [0.25, 0.3) is 0 Å². The van der Waals surface area contributed by atoms with Gasteiger partial charge in [-0.2, -0.15) is 0 Å². The summed E-state index contributed by atoms with van der Waals surface area (Å²) in [6.45, 7) is 7.33. The first-order valence-corrected chi connectivity index (χ1v) is 8.07. The monoisotopic (exact) mass is 300 g/mol. The maximum absolute atomic E-state index is 11.8. The van der Waals surface area contributed by atoms with Crippen LogP contribution < -0.4 is 11.1 Å². The van der Waals surface area contributed by atoms with Crippen LogP contribution in [0.1, 0.15) is 59.3 Å². The lowest BCUT2D eigenvalue weighted by molar-refractivity contribution is -0.138. The van der Waals surface area contributed by atoms with Crippen molar-refractivity contribution in [3.63, 3.8) is 0 Å². The van der Waals surface area contributed by atoms with E-state index in [-0.39, 0.29) is 18.2 Å². The number of carboxylic acid groups (broad SMARTS) is 1. The van der Waals surface area contributed by atoms with E-state index in [1.165, 1.54) is 0 Å². The second-order valence-electron chi connectivity index (χ2n) is 6.28. The summed E-state index contributed by atoms with van der Waals surface area (Å²) in [6.07, 6.45) is 4.40. The molecule has 4 N–H and O–H groups in total. The lowest BCUT2D eigenvalue weighted by Crippen LogP contribution is -2.31. The van der Waals surface area contributed by atoms with Gasteiger partial charge in [-0.05, 0) is 37.1 Å². The van der Waals surface area contributed by atoms with Crippen molar-refractivity contribution in [2.24, 2.45) is 23.5 Å². The number of hydrogen-bond donors (Lipinski definition) is 3. The summed E-state index contributed by atoms with van der Waals surface area (Å²) in [5.41, 5.74) is 5.52. The van der Waals surface area contributed by atoms with Crippen molar-refractivity contribution in [1.29, 1.82) is 0 Å². The molecule has 0 bridgehead atoms. The van der Waals surface area contributed by atoms with Gasteiger partial charge in [-0.1, -0.05) is 33.6 Å².